The van der Waals surface area contributed by atoms with Gasteiger partial charge in [-0.1, -0.05) is 38.1 Å². The van der Waals surface area contributed by atoms with Crippen molar-refractivity contribution in [3.8, 4) is 16.9 Å². The lowest BCUT2D eigenvalue weighted by atomic mass is 9.85. The van der Waals surface area contributed by atoms with E-state index in [0.717, 1.165) is 55.8 Å². The molecule has 0 saturated carbocycles. The van der Waals surface area contributed by atoms with Crippen molar-refractivity contribution in [3.63, 3.8) is 0 Å². The predicted molar refractivity (Wildman–Crippen MR) is 132 cm³/mol. The summed E-state index contributed by atoms with van der Waals surface area (Å²) in [5.74, 6) is 1.34. The number of benzene rings is 2. The van der Waals surface area contributed by atoms with E-state index in [-0.39, 0.29) is 23.7 Å². The summed E-state index contributed by atoms with van der Waals surface area (Å²) in [6, 6.07) is 14.7. The molecule has 3 fully saturated rings. The largest absolute Gasteiger partial charge is 0.491 e. The van der Waals surface area contributed by atoms with Gasteiger partial charge in [0.2, 0.25) is 0 Å². The molecule has 2 aromatic rings. The molecular formula is C28H36N2O4. The highest BCUT2D eigenvalue weighted by molar-refractivity contribution is 5.70. The van der Waals surface area contributed by atoms with Crippen LogP contribution in [-0.4, -0.2) is 57.1 Å². The Kier molecular flexibility index (Phi) is 6.54. The lowest BCUT2D eigenvalue weighted by Crippen LogP contribution is -2.53. The van der Waals surface area contributed by atoms with Crippen molar-refractivity contribution >= 4 is 6.09 Å². The lowest BCUT2D eigenvalue weighted by Gasteiger charge is -2.44. The van der Waals surface area contributed by atoms with Gasteiger partial charge in [0.15, 0.2) is 0 Å². The second-order valence-electron chi connectivity index (χ2n) is 10.6. The van der Waals surface area contributed by atoms with Crippen LogP contribution in [-0.2, 0) is 15.9 Å². The Hall–Kier alpha value is -2.57. The summed E-state index contributed by atoms with van der Waals surface area (Å²) in [4.78, 5) is 15.4. The van der Waals surface area contributed by atoms with Gasteiger partial charge in [-0.05, 0) is 84.1 Å². The fourth-order valence-electron chi connectivity index (χ4n) is 5.81. The van der Waals surface area contributed by atoms with Crippen LogP contribution in [0.15, 0.2) is 42.5 Å². The molecule has 1 aliphatic carbocycles. The Balaban J connectivity index is 1.29. The van der Waals surface area contributed by atoms with E-state index in [1.165, 1.54) is 11.1 Å². The lowest BCUT2D eigenvalue weighted by molar-refractivity contribution is -0.0348. The number of hydrogen-bond acceptors (Lipinski definition) is 5. The number of amides is 1. The van der Waals surface area contributed by atoms with E-state index in [1.54, 1.807) is 7.11 Å². The number of nitrogens with zero attached hydrogens (tertiary/aromatic N) is 1. The fourth-order valence-corrected chi connectivity index (χ4v) is 5.81. The summed E-state index contributed by atoms with van der Waals surface area (Å²) in [6.45, 7) is 8.69. The molecule has 1 N–H and O–H groups in total. The van der Waals surface area contributed by atoms with Crippen LogP contribution < -0.4 is 10.1 Å². The van der Waals surface area contributed by atoms with Crippen molar-refractivity contribution in [1.82, 2.24) is 10.2 Å². The van der Waals surface area contributed by atoms with Gasteiger partial charge < -0.3 is 19.5 Å². The molecule has 0 aromatic heterocycles. The number of piperidine rings is 3. The zero-order valence-corrected chi connectivity index (χ0v) is 20.5. The van der Waals surface area contributed by atoms with Crippen LogP contribution in [0.5, 0.6) is 5.75 Å². The molecule has 34 heavy (non-hydrogen) atoms. The average molecular weight is 465 g/mol. The predicted octanol–water partition coefficient (Wildman–Crippen LogP) is 4.82. The van der Waals surface area contributed by atoms with Gasteiger partial charge in [-0.3, -0.25) is 4.90 Å². The summed E-state index contributed by atoms with van der Waals surface area (Å²) >= 11 is 0. The highest BCUT2D eigenvalue weighted by atomic mass is 16.6. The van der Waals surface area contributed by atoms with E-state index in [2.05, 4.69) is 54.4 Å². The quantitative estimate of drug-likeness (QED) is 0.595. The van der Waals surface area contributed by atoms with Gasteiger partial charge in [-0.2, -0.15) is 0 Å². The second-order valence-corrected chi connectivity index (χ2v) is 10.6. The number of hydrogen-bond donors (Lipinski definition) is 1. The van der Waals surface area contributed by atoms with E-state index in [1.807, 2.05) is 12.1 Å². The summed E-state index contributed by atoms with van der Waals surface area (Å²) in [7, 11) is 1.67. The van der Waals surface area contributed by atoms with E-state index >= 15 is 0 Å². The van der Waals surface area contributed by atoms with Crippen molar-refractivity contribution in [2.24, 2.45) is 11.3 Å². The number of rotatable bonds is 7. The molecule has 1 unspecified atom stereocenters. The van der Waals surface area contributed by atoms with Gasteiger partial charge >= 0.3 is 6.09 Å². The number of ether oxygens (including phenoxy) is 3. The third-order valence-corrected chi connectivity index (χ3v) is 7.75. The topological polar surface area (TPSA) is 60.0 Å². The van der Waals surface area contributed by atoms with E-state index in [4.69, 9.17) is 14.2 Å². The third-order valence-electron chi connectivity index (χ3n) is 7.75. The van der Waals surface area contributed by atoms with Gasteiger partial charge in [-0.15, -0.1) is 0 Å². The molecule has 2 aromatic carbocycles. The van der Waals surface area contributed by atoms with Crippen LogP contribution in [0.2, 0.25) is 0 Å². The van der Waals surface area contributed by atoms with E-state index < -0.39 is 0 Å². The van der Waals surface area contributed by atoms with Crippen molar-refractivity contribution in [2.75, 3.05) is 40.0 Å². The van der Waals surface area contributed by atoms with Gasteiger partial charge in [0, 0.05) is 13.7 Å². The van der Waals surface area contributed by atoms with Gasteiger partial charge in [0.1, 0.15) is 18.5 Å². The van der Waals surface area contributed by atoms with Crippen LogP contribution in [0, 0.1) is 11.3 Å². The van der Waals surface area contributed by atoms with E-state index in [0.29, 0.717) is 19.1 Å². The van der Waals surface area contributed by atoms with Gasteiger partial charge in [-0.25, -0.2) is 4.79 Å². The first-order chi connectivity index (χ1) is 16.4. The Bertz CT molecular complexity index is 1010. The van der Waals surface area contributed by atoms with Crippen LogP contribution >= 0.6 is 0 Å². The van der Waals surface area contributed by atoms with Gasteiger partial charge in [0.05, 0.1) is 12.6 Å². The molecule has 1 amide bonds. The smallest absolute Gasteiger partial charge is 0.407 e. The highest BCUT2D eigenvalue weighted by Crippen LogP contribution is 2.46. The van der Waals surface area contributed by atoms with Crippen LogP contribution in [0.25, 0.3) is 11.1 Å². The summed E-state index contributed by atoms with van der Waals surface area (Å²) in [5, 5.41) is 3.24. The SMILES string of the molecule is COCCOc1ccc(-c2ccc3c(c2)C(NC(=O)O[C@H]2CN4CCC2CC4)C(C)(C)C3)cc1. The minimum Gasteiger partial charge on any atom is -0.491 e. The molecule has 6 heteroatoms. The Morgan fingerprint density at radius 2 is 1.79 bits per heavy atom. The first kappa shape index (κ1) is 23.2. The normalized spacial score (nSPS) is 26.7. The average Bonchev–Trinajstić information content (AvgIpc) is 3.09. The monoisotopic (exact) mass is 464 g/mol. The fraction of sp³-hybridized carbons (Fsp3) is 0.536. The number of fused-ring (bicyclic) bond motifs is 4. The number of carbonyl (C=O) groups is 1. The first-order valence-electron chi connectivity index (χ1n) is 12.5. The molecule has 3 heterocycles. The maximum atomic E-state index is 13.0. The molecule has 2 bridgehead atoms. The molecule has 4 aliphatic rings. The molecular weight excluding hydrogens is 428 g/mol. The number of methoxy groups -OCH3 is 1. The number of nitrogens with one attached hydrogen (secondary N) is 1. The maximum Gasteiger partial charge on any atom is 0.407 e. The summed E-state index contributed by atoms with van der Waals surface area (Å²) < 4.78 is 16.7. The van der Waals surface area contributed by atoms with Crippen molar-refractivity contribution in [3.05, 3.63) is 53.6 Å². The van der Waals surface area contributed by atoms with Crippen LogP contribution in [0.3, 0.4) is 0 Å². The minimum absolute atomic E-state index is 0.0162. The number of carbonyl (C=O) groups excluding carboxylic acids is 1. The summed E-state index contributed by atoms with van der Waals surface area (Å²) in [6.07, 6.45) is 2.93. The van der Waals surface area contributed by atoms with E-state index in [9.17, 15) is 4.79 Å². The Labute approximate surface area is 202 Å². The van der Waals surface area contributed by atoms with Crippen LogP contribution in [0.4, 0.5) is 4.79 Å². The maximum absolute atomic E-state index is 13.0. The molecule has 0 radical (unpaired) electrons. The first-order valence-corrected chi connectivity index (χ1v) is 12.5. The zero-order valence-electron chi connectivity index (χ0n) is 20.5. The Morgan fingerprint density at radius 3 is 2.47 bits per heavy atom. The molecule has 2 atom stereocenters. The Morgan fingerprint density at radius 1 is 1.06 bits per heavy atom. The van der Waals surface area contributed by atoms with Crippen LogP contribution in [0.1, 0.15) is 43.9 Å². The molecule has 6 nitrogen and oxygen atoms in total. The minimum atomic E-state index is -0.285. The van der Waals surface area contributed by atoms with Gasteiger partial charge in [0.25, 0.3) is 0 Å². The summed E-state index contributed by atoms with van der Waals surface area (Å²) in [5.41, 5.74) is 4.67. The highest BCUT2D eigenvalue weighted by Gasteiger charge is 2.42. The molecule has 182 valence electrons. The van der Waals surface area contributed by atoms with Crippen molar-refractivity contribution in [1.29, 1.82) is 0 Å². The zero-order chi connectivity index (χ0) is 23.7. The molecule has 3 aliphatic heterocycles. The third kappa shape index (κ3) is 4.80. The molecule has 0 spiro atoms. The standard InChI is InChI=1S/C28H36N2O4/c1-28(2)17-22-5-4-21(19-6-8-23(9-7-19)33-15-14-32-3)16-24(22)26(28)29-27(31)34-25-18-30-12-10-20(25)11-13-30/h4-9,16,20,25-26H,10-15,17-18H2,1-3H3,(H,29,31)/t25-,26?/m0/s1. The molecule has 3 saturated heterocycles. The van der Waals surface area contributed by atoms with Crippen molar-refractivity contribution < 1.29 is 19.0 Å². The van der Waals surface area contributed by atoms with Crippen molar-refractivity contribution in [2.45, 2.75) is 45.3 Å². The second kappa shape index (κ2) is 9.59. The number of alkyl carbamates (subject to hydrolysis) is 1. The molecule has 6 rings (SSSR count).